The van der Waals surface area contributed by atoms with Crippen LogP contribution in [0.3, 0.4) is 0 Å². The van der Waals surface area contributed by atoms with Crippen molar-refractivity contribution in [3.05, 3.63) is 94.4 Å². The monoisotopic (exact) mass is 460 g/mol. The van der Waals surface area contributed by atoms with Crippen LogP contribution in [-0.4, -0.2) is 13.4 Å². The number of aromatic nitrogens is 1. The molecule has 3 aromatic carbocycles. The van der Waals surface area contributed by atoms with E-state index >= 15 is 0 Å². The van der Waals surface area contributed by atoms with Crippen molar-refractivity contribution in [2.75, 3.05) is 0 Å². The lowest BCUT2D eigenvalue weighted by Gasteiger charge is -2.11. The predicted octanol–water partition coefficient (Wildman–Crippen LogP) is 5.83. The van der Waals surface area contributed by atoms with Gasteiger partial charge in [-0.05, 0) is 42.0 Å². The Balaban J connectivity index is 1.60. The van der Waals surface area contributed by atoms with Crippen LogP contribution in [0.15, 0.2) is 77.8 Å². The first-order chi connectivity index (χ1) is 14.3. The molecule has 0 aliphatic heterocycles. The molecule has 152 valence electrons. The molecular formula is C22H15Cl2FN2O2S. The molecule has 0 amide bonds. The molecule has 0 spiro atoms. The highest BCUT2D eigenvalue weighted by molar-refractivity contribution is 7.89. The maximum absolute atomic E-state index is 14.7. The number of benzene rings is 3. The Morgan fingerprint density at radius 3 is 2.47 bits per heavy atom. The van der Waals surface area contributed by atoms with Crippen molar-refractivity contribution in [2.45, 2.75) is 11.4 Å². The first kappa shape index (κ1) is 20.8. The number of rotatable bonds is 5. The molecule has 0 aliphatic rings. The minimum atomic E-state index is -3.93. The van der Waals surface area contributed by atoms with E-state index in [9.17, 15) is 12.8 Å². The fourth-order valence-corrected chi connectivity index (χ4v) is 4.68. The summed E-state index contributed by atoms with van der Waals surface area (Å²) in [5.74, 6) is -0.698. The summed E-state index contributed by atoms with van der Waals surface area (Å²) >= 11 is 12.0. The molecule has 30 heavy (non-hydrogen) atoms. The summed E-state index contributed by atoms with van der Waals surface area (Å²) in [4.78, 5) is 4.09. The lowest BCUT2D eigenvalue weighted by molar-refractivity contribution is 0.578. The van der Waals surface area contributed by atoms with Gasteiger partial charge in [0.05, 0.1) is 10.4 Å². The second-order valence-corrected chi connectivity index (χ2v) is 9.19. The molecule has 8 heteroatoms. The van der Waals surface area contributed by atoms with E-state index in [0.717, 1.165) is 22.5 Å². The summed E-state index contributed by atoms with van der Waals surface area (Å²) in [6, 6.07) is 17.6. The molecule has 0 saturated carbocycles. The zero-order chi connectivity index (χ0) is 21.3. The number of para-hydroxylation sites is 1. The molecular weight excluding hydrogens is 446 g/mol. The van der Waals surface area contributed by atoms with Gasteiger partial charge in [0.2, 0.25) is 10.0 Å². The number of halogens is 3. The quantitative estimate of drug-likeness (QED) is 0.407. The van der Waals surface area contributed by atoms with Crippen LogP contribution >= 0.6 is 23.2 Å². The molecule has 0 radical (unpaired) electrons. The fourth-order valence-electron chi connectivity index (χ4n) is 3.15. The normalized spacial score (nSPS) is 11.7. The third-order valence-corrected chi connectivity index (χ3v) is 6.61. The SMILES string of the molecule is O=S(=O)(NCc1ccnc2ccccc12)c1ccc(-c2ccc(Cl)cc2Cl)c(F)c1. The van der Waals surface area contributed by atoms with Crippen molar-refractivity contribution in [3.63, 3.8) is 0 Å². The molecule has 0 saturated heterocycles. The zero-order valence-electron chi connectivity index (χ0n) is 15.4. The number of nitrogens with one attached hydrogen (secondary N) is 1. The van der Waals surface area contributed by atoms with Crippen LogP contribution in [0.5, 0.6) is 0 Å². The highest BCUT2D eigenvalue weighted by Crippen LogP contribution is 2.33. The van der Waals surface area contributed by atoms with Crippen molar-refractivity contribution >= 4 is 44.1 Å². The lowest BCUT2D eigenvalue weighted by atomic mass is 10.1. The number of hydrogen-bond acceptors (Lipinski definition) is 3. The van der Waals surface area contributed by atoms with Crippen LogP contribution < -0.4 is 4.72 Å². The topological polar surface area (TPSA) is 59.1 Å². The third kappa shape index (κ3) is 4.18. The Morgan fingerprint density at radius 1 is 0.933 bits per heavy atom. The fraction of sp³-hybridized carbons (Fsp3) is 0.0455. The molecule has 4 nitrogen and oxygen atoms in total. The van der Waals surface area contributed by atoms with Gasteiger partial charge >= 0.3 is 0 Å². The molecule has 0 atom stereocenters. The summed E-state index contributed by atoms with van der Waals surface area (Å²) in [5, 5.41) is 1.55. The lowest BCUT2D eigenvalue weighted by Crippen LogP contribution is -2.23. The summed E-state index contributed by atoms with van der Waals surface area (Å²) in [6.45, 7) is 0.0533. The van der Waals surface area contributed by atoms with Gasteiger partial charge in [-0.3, -0.25) is 4.98 Å². The Hall–Kier alpha value is -2.51. The summed E-state index contributed by atoms with van der Waals surface area (Å²) in [7, 11) is -3.93. The summed E-state index contributed by atoms with van der Waals surface area (Å²) in [6.07, 6.45) is 1.62. The number of pyridine rings is 1. The first-order valence-corrected chi connectivity index (χ1v) is 11.2. The smallest absolute Gasteiger partial charge is 0.240 e. The Morgan fingerprint density at radius 2 is 1.70 bits per heavy atom. The van der Waals surface area contributed by atoms with Crippen LogP contribution in [0.2, 0.25) is 10.0 Å². The maximum Gasteiger partial charge on any atom is 0.240 e. The van der Waals surface area contributed by atoms with Gasteiger partial charge in [0, 0.05) is 39.3 Å². The van der Waals surface area contributed by atoms with Crippen molar-refractivity contribution in [1.29, 1.82) is 0 Å². The average Bonchev–Trinajstić information content (AvgIpc) is 2.73. The number of fused-ring (bicyclic) bond motifs is 1. The van der Waals surface area contributed by atoms with Crippen LogP contribution in [0.25, 0.3) is 22.0 Å². The molecule has 0 fully saturated rings. The Labute approximate surface area is 183 Å². The third-order valence-electron chi connectivity index (χ3n) is 4.66. The molecule has 0 aliphatic carbocycles. The molecule has 4 rings (SSSR count). The van der Waals surface area contributed by atoms with E-state index in [4.69, 9.17) is 23.2 Å². The minimum absolute atomic E-state index is 0.0533. The predicted molar refractivity (Wildman–Crippen MR) is 118 cm³/mol. The van der Waals surface area contributed by atoms with Crippen LogP contribution in [0, 0.1) is 5.82 Å². The van der Waals surface area contributed by atoms with E-state index in [0.29, 0.717) is 10.6 Å². The van der Waals surface area contributed by atoms with Gasteiger partial charge < -0.3 is 0 Å². The molecule has 0 unspecified atom stereocenters. The van der Waals surface area contributed by atoms with E-state index in [1.807, 2.05) is 24.3 Å². The van der Waals surface area contributed by atoms with Gasteiger partial charge in [-0.2, -0.15) is 0 Å². The van der Waals surface area contributed by atoms with E-state index < -0.39 is 15.8 Å². The van der Waals surface area contributed by atoms with Gasteiger partial charge in [0.15, 0.2) is 0 Å². The van der Waals surface area contributed by atoms with E-state index in [-0.39, 0.29) is 22.0 Å². The molecule has 1 N–H and O–H groups in total. The summed E-state index contributed by atoms with van der Waals surface area (Å²) < 4.78 is 42.7. The van der Waals surface area contributed by atoms with Gasteiger partial charge in [0.25, 0.3) is 0 Å². The van der Waals surface area contributed by atoms with E-state index in [2.05, 4.69) is 9.71 Å². The maximum atomic E-state index is 14.7. The van der Waals surface area contributed by atoms with Crippen molar-refractivity contribution < 1.29 is 12.8 Å². The molecule has 1 aromatic heterocycles. The number of nitrogens with zero attached hydrogens (tertiary/aromatic N) is 1. The van der Waals surface area contributed by atoms with Gasteiger partial charge in [-0.1, -0.05) is 53.5 Å². The minimum Gasteiger partial charge on any atom is -0.256 e. The Kier molecular flexibility index (Phi) is 5.75. The highest BCUT2D eigenvalue weighted by atomic mass is 35.5. The van der Waals surface area contributed by atoms with Crippen LogP contribution in [-0.2, 0) is 16.6 Å². The number of hydrogen-bond donors (Lipinski definition) is 1. The highest BCUT2D eigenvalue weighted by Gasteiger charge is 2.18. The van der Waals surface area contributed by atoms with Gasteiger partial charge in [-0.25, -0.2) is 17.5 Å². The van der Waals surface area contributed by atoms with Crippen LogP contribution in [0.4, 0.5) is 4.39 Å². The number of sulfonamides is 1. The standard InChI is InChI=1S/C22H15Cl2FN2O2S/c23-15-5-7-18(20(24)11-15)19-8-6-16(12-21(19)25)30(28,29)27-13-14-9-10-26-22-4-2-1-3-17(14)22/h1-12,27H,13H2. The second kappa shape index (κ2) is 8.32. The second-order valence-electron chi connectivity index (χ2n) is 6.58. The van der Waals surface area contributed by atoms with Crippen LogP contribution in [0.1, 0.15) is 5.56 Å². The largest absolute Gasteiger partial charge is 0.256 e. The van der Waals surface area contributed by atoms with E-state index in [1.54, 1.807) is 24.4 Å². The molecule has 1 heterocycles. The van der Waals surface area contributed by atoms with Crippen molar-refractivity contribution in [2.24, 2.45) is 0 Å². The molecule has 4 aromatic rings. The summed E-state index contributed by atoms with van der Waals surface area (Å²) in [5.41, 5.74) is 2.16. The first-order valence-electron chi connectivity index (χ1n) is 8.92. The van der Waals surface area contributed by atoms with Crippen molar-refractivity contribution in [3.8, 4) is 11.1 Å². The van der Waals surface area contributed by atoms with Gasteiger partial charge in [0.1, 0.15) is 5.82 Å². The molecule has 0 bridgehead atoms. The van der Waals surface area contributed by atoms with Gasteiger partial charge in [-0.15, -0.1) is 0 Å². The average molecular weight is 461 g/mol. The Bertz CT molecular complexity index is 1360. The van der Waals surface area contributed by atoms with E-state index in [1.165, 1.54) is 18.2 Å². The zero-order valence-corrected chi connectivity index (χ0v) is 17.8. The van der Waals surface area contributed by atoms with Crippen molar-refractivity contribution in [1.82, 2.24) is 9.71 Å².